The quantitative estimate of drug-likeness (QED) is 0.793. The first kappa shape index (κ1) is 18.3. The Morgan fingerprint density at radius 1 is 1.12 bits per heavy atom. The second-order valence-corrected chi connectivity index (χ2v) is 7.85. The molecule has 1 aliphatic rings. The van der Waals surface area contributed by atoms with Crippen molar-refractivity contribution in [3.63, 3.8) is 0 Å². The van der Waals surface area contributed by atoms with Crippen molar-refractivity contribution in [3.05, 3.63) is 53.9 Å². The number of hydrogen-bond donors (Lipinski definition) is 2. The number of carbonyl (C=O) groups excluding carboxylic acids is 1. The van der Waals surface area contributed by atoms with E-state index in [0.717, 1.165) is 24.3 Å². The number of amides is 1. The maximum absolute atomic E-state index is 12.2. The molecule has 0 unspecified atom stereocenters. The molecule has 1 amide bonds. The molecular formula is C18H22N4O3S. The third-order valence-corrected chi connectivity index (χ3v) is 5.33. The number of anilines is 1. The normalized spacial score (nSPS) is 14.4. The van der Waals surface area contributed by atoms with Crippen LogP contribution in [0.4, 0.5) is 5.69 Å². The van der Waals surface area contributed by atoms with Gasteiger partial charge in [0.15, 0.2) is 0 Å². The second-order valence-electron chi connectivity index (χ2n) is 6.29. The first-order valence-electron chi connectivity index (χ1n) is 8.54. The Morgan fingerprint density at radius 3 is 2.38 bits per heavy atom. The van der Waals surface area contributed by atoms with Gasteiger partial charge < -0.3 is 10.2 Å². The van der Waals surface area contributed by atoms with Crippen molar-refractivity contribution < 1.29 is 13.2 Å². The van der Waals surface area contributed by atoms with Gasteiger partial charge in [0, 0.05) is 19.6 Å². The smallest absolute Gasteiger partial charge is 0.269 e. The molecule has 3 rings (SSSR count). The van der Waals surface area contributed by atoms with E-state index in [4.69, 9.17) is 5.14 Å². The van der Waals surface area contributed by atoms with E-state index in [9.17, 15) is 13.2 Å². The molecule has 0 radical (unpaired) electrons. The van der Waals surface area contributed by atoms with E-state index in [1.165, 1.54) is 25.0 Å². The predicted octanol–water partition coefficient (Wildman–Crippen LogP) is 1.30. The van der Waals surface area contributed by atoms with Crippen molar-refractivity contribution in [1.82, 2.24) is 10.3 Å². The van der Waals surface area contributed by atoms with Gasteiger partial charge in [-0.15, -0.1) is 0 Å². The van der Waals surface area contributed by atoms with E-state index in [0.29, 0.717) is 18.7 Å². The molecule has 0 bridgehead atoms. The fourth-order valence-corrected chi connectivity index (χ4v) is 3.45. The lowest BCUT2D eigenvalue weighted by atomic mass is 10.1. The molecule has 0 saturated carbocycles. The van der Waals surface area contributed by atoms with Crippen LogP contribution >= 0.6 is 0 Å². The number of carbonyl (C=O) groups is 1. The summed E-state index contributed by atoms with van der Waals surface area (Å²) in [5, 5.41) is 7.89. The molecule has 2 heterocycles. The second kappa shape index (κ2) is 7.84. The molecule has 1 aliphatic heterocycles. The third-order valence-electron chi connectivity index (χ3n) is 4.40. The van der Waals surface area contributed by atoms with Gasteiger partial charge in [-0.25, -0.2) is 18.5 Å². The number of aromatic nitrogens is 1. The summed E-state index contributed by atoms with van der Waals surface area (Å²) in [6.45, 7) is 2.51. The number of nitrogens with one attached hydrogen (secondary N) is 1. The van der Waals surface area contributed by atoms with Gasteiger partial charge in [0.25, 0.3) is 5.91 Å². The highest BCUT2D eigenvalue weighted by Crippen LogP contribution is 2.19. The molecule has 0 aliphatic carbocycles. The maximum atomic E-state index is 12.2. The van der Waals surface area contributed by atoms with Crippen molar-refractivity contribution in [2.24, 2.45) is 5.14 Å². The highest BCUT2D eigenvalue weighted by Gasteiger charge is 2.14. The summed E-state index contributed by atoms with van der Waals surface area (Å²) in [5.74, 6) is -0.223. The molecular weight excluding hydrogens is 352 g/mol. The van der Waals surface area contributed by atoms with Gasteiger partial charge in [0.05, 0.1) is 16.8 Å². The monoisotopic (exact) mass is 374 g/mol. The summed E-state index contributed by atoms with van der Waals surface area (Å²) < 4.78 is 22.4. The fraction of sp³-hybridized carbons (Fsp3) is 0.333. The highest BCUT2D eigenvalue weighted by atomic mass is 32.2. The van der Waals surface area contributed by atoms with Gasteiger partial charge in [-0.1, -0.05) is 12.1 Å². The minimum absolute atomic E-state index is 0.0765. The third kappa shape index (κ3) is 4.59. The largest absolute Gasteiger partial charge is 0.370 e. The molecule has 0 atom stereocenters. The Hall–Kier alpha value is -2.45. The summed E-state index contributed by atoms with van der Waals surface area (Å²) >= 11 is 0. The zero-order valence-corrected chi connectivity index (χ0v) is 15.2. The van der Waals surface area contributed by atoms with Crippen LogP contribution in [0.15, 0.2) is 47.5 Å². The molecule has 26 heavy (non-hydrogen) atoms. The minimum Gasteiger partial charge on any atom is -0.370 e. The lowest BCUT2D eigenvalue weighted by Gasteiger charge is -2.16. The predicted molar refractivity (Wildman–Crippen MR) is 99.5 cm³/mol. The molecule has 8 heteroatoms. The molecule has 7 nitrogen and oxygen atoms in total. The van der Waals surface area contributed by atoms with Crippen LogP contribution < -0.4 is 15.4 Å². The van der Waals surface area contributed by atoms with Crippen LogP contribution in [0, 0.1) is 0 Å². The van der Waals surface area contributed by atoms with E-state index in [1.54, 1.807) is 24.4 Å². The van der Waals surface area contributed by atoms with Gasteiger partial charge in [0.1, 0.15) is 5.69 Å². The molecule has 1 aromatic carbocycles. The summed E-state index contributed by atoms with van der Waals surface area (Å²) in [7, 11) is -3.68. The molecule has 1 fully saturated rings. The topological polar surface area (TPSA) is 105 Å². The number of nitrogens with zero attached hydrogens (tertiary/aromatic N) is 2. The molecule has 1 saturated heterocycles. The average Bonchev–Trinajstić information content (AvgIpc) is 3.16. The van der Waals surface area contributed by atoms with Crippen LogP contribution in [0.3, 0.4) is 0 Å². The van der Waals surface area contributed by atoms with Crippen LogP contribution in [0.1, 0.15) is 28.9 Å². The number of benzene rings is 1. The number of rotatable bonds is 6. The van der Waals surface area contributed by atoms with E-state index in [-0.39, 0.29) is 10.8 Å². The number of nitrogens with two attached hydrogens (primary N) is 1. The van der Waals surface area contributed by atoms with Gasteiger partial charge in [-0.3, -0.25) is 4.79 Å². The number of primary sulfonamides is 1. The summed E-state index contributed by atoms with van der Waals surface area (Å²) in [6.07, 6.45) is 4.72. The Bertz CT molecular complexity index is 858. The zero-order chi connectivity index (χ0) is 18.6. The molecule has 1 aromatic heterocycles. The van der Waals surface area contributed by atoms with Gasteiger partial charge in [-0.05, 0) is 49.1 Å². The number of hydrogen-bond acceptors (Lipinski definition) is 5. The first-order chi connectivity index (χ1) is 12.4. The van der Waals surface area contributed by atoms with Crippen molar-refractivity contribution in [1.29, 1.82) is 0 Å². The summed E-state index contributed by atoms with van der Waals surface area (Å²) in [6, 6.07) is 9.98. The van der Waals surface area contributed by atoms with E-state index >= 15 is 0 Å². The van der Waals surface area contributed by atoms with Crippen LogP contribution in [0.2, 0.25) is 0 Å². The van der Waals surface area contributed by atoms with E-state index < -0.39 is 10.0 Å². The zero-order valence-electron chi connectivity index (χ0n) is 14.4. The van der Waals surface area contributed by atoms with Crippen LogP contribution in [0.25, 0.3) is 0 Å². The summed E-state index contributed by atoms with van der Waals surface area (Å²) in [4.78, 5) is 18.8. The number of pyridine rings is 1. The fourth-order valence-electron chi connectivity index (χ4n) is 2.94. The van der Waals surface area contributed by atoms with Crippen molar-refractivity contribution in [2.45, 2.75) is 24.2 Å². The average molecular weight is 374 g/mol. The summed E-state index contributed by atoms with van der Waals surface area (Å²) in [5.41, 5.74) is 2.35. The van der Waals surface area contributed by atoms with Gasteiger partial charge in [0.2, 0.25) is 10.0 Å². The molecule has 138 valence electrons. The standard InChI is InChI=1S/C18H22N4O3S/c19-26(24,25)16-6-3-14(4-7-16)9-10-20-18(23)17-8-5-15(13-21-17)22-11-1-2-12-22/h3-8,13H,1-2,9-12H2,(H,20,23)(H2,19,24,25). The van der Waals surface area contributed by atoms with E-state index in [2.05, 4.69) is 15.2 Å². The maximum Gasteiger partial charge on any atom is 0.269 e. The molecule has 0 spiro atoms. The molecule has 3 N–H and O–H groups in total. The lowest BCUT2D eigenvalue weighted by Crippen LogP contribution is -2.26. The van der Waals surface area contributed by atoms with Gasteiger partial charge in [-0.2, -0.15) is 0 Å². The Balaban J connectivity index is 1.50. The van der Waals surface area contributed by atoms with Crippen LogP contribution in [0.5, 0.6) is 0 Å². The SMILES string of the molecule is NS(=O)(=O)c1ccc(CCNC(=O)c2ccc(N3CCCC3)cn2)cc1. The Kier molecular flexibility index (Phi) is 5.53. The molecule has 2 aromatic rings. The Labute approximate surface area is 153 Å². The number of sulfonamides is 1. The minimum atomic E-state index is -3.68. The van der Waals surface area contributed by atoms with Crippen LogP contribution in [-0.4, -0.2) is 38.9 Å². The van der Waals surface area contributed by atoms with Crippen molar-refractivity contribution >= 4 is 21.6 Å². The van der Waals surface area contributed by atoms with Crippen molar-refractivity contribution in [3.8, 4) is 0 Å². The first-order valence-corrected chi connectivity index (χ1v) is 10.1. The van der Waals surface area contributed by atoms with E-state index in [1.807, 2.05) is 6.07 Å². The van der Waals surface area contributed by atoms with Crippen LogP contribution in [-0.2, 0) is 16.4 Å². The Morgan fingerprint density at radius 2 is 1.81 bits per heavy atom. The lowest BCUT2D eigenvalue weighted by molar-refractivity contribution is 0.0949. The van der Waals surface area contributed by atoms with Crippen molar-refractivity contribution in [2.75, 3.05) is 24.5 Å². The van der Waals surface area contributed by atoms with Gasteiger partial charge >= 0.3 is 0 Å². The highest BCUT2D eigenvalue weighted by molar-refractivity contribution is 7.89.